The summed E-state index contributed by atoms with van der Waals surface area (Å²) in [5, 5.41) is 4.76. The van der Waals surface area contributed by atoms with Crippen molar-refractivity contribution in [3.05, 3.63) is 152 Å². The zero-order chi connectivity index (χ0) is 29.6. The van der Waals surface area contributed by atoms with Crippen LogP contribution in [0, 0.1) is 5.92 Å². The first-order valence-corrected chi connectivity index (χ1v) is 16.7. The summed E-state index contributed by atoms with van der Waals surface area (Å²) in [4.78, 5) is 0. The van der Waals surface area contributed by atoms with Crippen molar-refractivity contribution in [2.75, 3.05) is 0 Å². The minimum Gasteiger partial charge on any atom is -0.458 e. The van der Waals surface area contributed by atoms with Crippen LogP contribution in [0.25, 0.3) is 46.4 Å². The van der Waals surface area contributed by atoms with E-state index in [1.165, 1.54) is 55.0 Å². The molecule has 45 heavy (non-hydrogen) atoms. The second kappa shape index (κ2) is 9.73. The van der Waals surface area contributed by atoms with Crippen LogP contribution in [0.3, 0.4) is 0 Å². The number of hydrogen-bond donors (Lipinski definition) is 0. The third-order valence-corrected chi connectivity index (χ3v) is 11.1. The summed E-state index contributed by atoms with van der Waals surface area (Å²) in [6, 6.07) is 25.9. The van der Waals surface area contributed by atoms with Crippen molar-refractivity contribution in [3.8, 4) is 11.1 Å². The highest BCUT2D eigenvalue weighted by molar-refractivity contribution is 6.30. The Morgan fingerprint density at radius 2 is 1.78 bits per heavy atom. The molecule has 0 saturated carbocycles. The van der Waals surface area contributed by atoms with Gasteiger partial charge < -0.3 is 8.98 Å². The van der Waals surface area contributed by atoms with Crippen LogP contribution in [0.2, 0.25) is 5.02 Å². The molecule has 2 nitrogen and oxygen atoms in total. The minimum atomic E-state index is 0.181. The average molecular weight is 602 g/mol. The monoisotopic (exact) mass is 601 g/mol. The van der Waals surface area contributed by atoms with E-state index in [0.717, 1.165) is 47.6 Å². The highest BCUT2D eigenvalue weighted by Crippen LogP contribution is 2.55. The number of aromatic nitrogens is 1. The van der Waals surface area contributed by atoms with Crippen LogP contribution in [-0.2, 0) is 0 Å². The Morgan fingerprint density at radius 3 is 2.67 bits per heavy atom. The van der Waals surface area contributed by atoms with E-state index in [4.69, 9.17) is 16.0 Å². The van der Waals surface area contributed by atoms with Crippen LogP contribution in [0.5, 0.6) is 0 Å². The lowest BCUT2D eigenvalue weighted by molar-refractivity contribution is 0.382. The number of allylic oxidation sites excluding steroid dienone is 6. The van der Waals surface area contributed by atoms with E-state index in [1.807, 2.05) is 12.1 Å². The Kier molecular flexibility index (Phi) is 5.57. The lowest BCUT2D eigenvalue weighted by Gasteiger charge is -2.29. The Labute approximate surface area is 267 Å². The van der Waals surface area contributed by atoms with Gasteiger partial charge in [-0.1, -0.05) is 109 Å². The van der Waals surface area contributed by atoms with Gasteiger partial charge in [-0.15, -0.1) is 0 Å². The van der Waals surface area contributed by atoms with Gasteiger partial charge in [0.15, 0.2) is 0 Å². The van der Waals surface area contributed by atoms with E-state index in [2.05, 4.69) is 114 Å². The van der Waals surface area contributed by atoms with Crippen LogP contribution in [0.1, 0.15) is 71.7 Å². The standard InChI is InChI=1S/C42H32ClNO/c43-31-13-7-12-28(21-31)26-10-6-11-27(20-26)29-16-19-38-35(22-29)37-24-30(25-8-2-1-3-9-25)23-36-33-17-18-34-32-14-4-5-15-39(32)45-42(34)41(33)44(38)40(36)37/h1-2,4-8,10-15,17-22,24,29,33,36,41H,3,9,16,23H2. The molecule has 4 unspecified atom stereocenters. The van der Waals surface area contributed by atoms with E-state index < -0.39 is 0 Å². The van der Waals surface area contributed by atoms with Gasteiger partial charge in [-0.3, -0.25) is 0 Å². The van der Waals surface area contributed by atoms with Gasteiger partial charge in [0.1, 0.15) is 11.3 Å². The first-order chi connectivity index (χ1) is 22.2. The predicted octanol–water partition coefficient (Wildman–Crippen LogP) is 9.70. The maximum Gasteiger partial charge on any atom is 0.135 e. The molecule has 0 radical (unpaired) electrons. The average Bonchev–Trinajstić information content (AvgIpc) is 3.75. The highest BCUT2D eigenvalue weighted by Gasteiger charge is 2.48. The fourth-order valence-electron chi connectivity index (χ4n) is 8.82. The lowest BCUT2D eigenvalue weighted by Crippen LogP contribution is -2.36. The van der Waals surface area contributed by atoms with Crippen molar-refractivity contribution in [1.82, 2.24) is 4.57 Å². The zero-order valence-corrected chi connectivity index (χ0v) is 25.7. The Hall–Kier alpha value is -4.53. The molecule has 2 aromatic heterocycles. The van der Waals surface area contributed by atoms with Crippen molar-refractivity contribution in [2.45, 2.75) is 43.6 Å². The van der Waals surface area contributed by atoms with Crippen LogP contribution in [-0.4, -0.2) is 4.57 Å². The first-order valence-electron chi connectivity index (χ1n) is 16.3. The SMILES string of the molecule is Clc1cccc(-c2cccc(C3C=c4c5c6n(c4=CC3)C3c4oc7ccccc7c4C=CC3C6CC(C3=CC=CCC3)=C5)c2)c1. The maximum absolute atomic E-state index is 6.73. The molecule has 0 spiro atoms. The molecule has 0 bridgehead atoms. The van der Waals surface area contributed by atoms with Crippen LogP contribution in [0.15, 0.2) is 113 Å². The summed E-state index contributed by atoms with van der Waals surface area (Å²) >= 11 is 6.36. The smallest absolute Gasteiger partial charge is 0.135 e. The Balaban J connectivity index is 1.16. The summed E-state index contributed by atoms with van der Waals surface area (Å²) in [6.07, 6.45) is 23.7. The molecule has 0 amide bonds. The molecule has 0 fully saturated rings. The zero-order valence-electron chi connectivity index (χ0n) is 24.9. The molecule has 5 aliphatic rings. The van der Waals surface area contributed by atoms with Gasteiger partial charge in [-0.05, 0) is 77.8 Å². The molecular formula is C42H32ClNO. The van der Waals surface area contributed by atoms with E-state index in [1.54, 1.807) is 0 Å². The molecule has 3 aromatic carbocycles. The van der Waals surface area contributed by atoms with Gasteiger partial charge in [-0.25, -0.2) is 0 Å². The molecule has 218 valence electrons. The maximum atomic E-state index is 6.73. The number of fused-ring (bicyclic) bond motifs is 10. The van der Waals surface area contributed by atoms with Crippen LogP contribution in [0.4, 0.5) is 0 Å². The second-order valence-corrected chi connectivity index (χ2v) is 13.6. The number of benzene rings is 3. The van der Waals surface area contributed by atoms with Gasteiger partial charge >= 0.3 is 0 Å². The van der Waals surface area contributed by atoms with Crippen LogP contribution < -0.4 is 10.6 Å². The van der Waals surface area contributed by atoms with Gasteiger partial charge in [0.2, 0.25) is 0 Å². The van der Waals surface area contributed by atoms with E-state index in [0.29, 0.717) is 17.8 Å². The quantitative estimate of drug-likeness (QED) is 0.201. The summed E-state index contributed by atoms with van der Waals surface area (Å²) in [5.41, 5.74) is 11.9. The number of halogens is 1. The summed E-state index contributed by atoms with van der Waals surface area (Å²) in [7, 11) is 0. The summed E-state index contributed by atoms with van der Waals surface area (Å²) < 4.78 is 9.41. The molecule has 5 aromatic rings. The molecule has 4 aliphatic carbocycles. The fourth-order valence-corrected chi connectivity index (χ4v) is 9.01. The molecule has 3 heterocycles. The fraction of sp³-hybridized carbons (Fsp3) is 0.190. The highest BCUT2D eigenvalue weighted by atomic mass is 35.5. The third-order valence-electron chi connectivity index (χ3n) is 10.8. The van der Waals surface area contributed by atoms with E-state index in [-0.39, 0.29) is 6.04 Å². The third kappa shape index (κ3) is 3.82. The van der Waals surface area contributed by atoms with Crippen LogP contribution >= 0.6 is 11.6 Å². The van der Waals surface area contributed by atoms with Crippen molar-refractivity contribution in [1.29, 1.82) is 0 Å². The molecule has 3 heteroatoms. The topological polar surface area (TPSA) is 18.1 Å². The molecule has 4 atom stereocenters. The van der Waals surface area contributed by atoms with Gasteiger partial charge in [0, 0.05) is 55.6 Å². The van der Waals surface area contributed by atoms with Gasteiger partial charge in [0.05, 0.1) is 6.04 Å². The minimum absolute atomic E-state index is 0.181. The number of nitrogens with zero attached hydrogens (tertiary/aromatic N) is 1. The first kappa shape index (κ1) is 25.8. The number of rotatable bonds is 3. The molecule has 0 saturated heterocycles. The Bertz CT molecular complexity index is 2320. The number of para-hydroxylation sites is 1. The second-order valence-electron chi connectivity index (χ2n) is 13.2. The van der Waals surface area contributed by atoms with Crippen molar-refractivity contribution < 1.29 is 4.42 Å². The van der Waals surface area contributed by atoms with Crippen molar-refractivity contribution >= 4 is 46.9 Å². The van der Waals surface area contributed by atoms with Gasteiger partial charge in [0.25, 0.3) is 0 Å². The normalized spacial score (nSPS) is 23.8. The summed E-state index contributed by atoms with van der Waals surface area (Å²) in [5.74, 6) is 2.27. The molecule has 0 N–H and O–H groups in total. The van der Waals surface area contributed by atoms with E-state index >= 15 is 0 Å². The molecule has 10 rings (SSSR count). The van der Waals surface area contributed by atoms with Gasteiger partial charge in [-0.2, -0.15) is 0 Å². The predicted molar refractivity (Wildman–Crippen MR) is 186 cm³/mol. The summed E-state index contributed by atoms with van der Waals surface area (Å²) in [6.45, 7) is 0. The number of hydrogen-bond acceptors (Lipinski definition) is 1. The molecular weight excluding hydrogens is 570 g/mol. The lowest BCUT2D eigenvalue weighted by atomic mass is 9.74. The molecule has 1 aliphatic heterocycles. The van der Waals surface area contributed by atoms with Crippen molar-refractivity contribution in [2.24, 2.45) is 5.92 Å². The number of furan rings is 1. The van der Waals surface area contributed by atoms with Crippen molar-refractivity contribution in [3.63, 3.8) is 0 Å². The van der Waals surface area contributed by atoms with E-state index in [9.17, 15) is 0 Å². The Morgan fingerprint density at radius 1 is 0.889 bits per heavy atom. The largest absolute Gasteiger partial charge is 0.458 e.